The van der Waals surface area contributed by atoms with E-state index < -0.39 is 11.9 Å². The number of benzene rings is 1. The molecule has 0 bridgehead atoms. The van der Waals surface area contributed by atoms with Crippen LogP contribution < -0.4 is 10.2 Å². The fraction of sp³-hybridized carbons (Fsp3) is 0.400. The molecule has 0 saturated carbocycles. The number of carboxylic acids is 1. The molecule has 0 aromatic heterocycles. The Kier molecular flexibility index (Phi) is 4.65. The van der Waals surface area contributed by atoms with Crippen LogP contribution in [0.4, 0.5) is 10.5 Å². The highest BCUT2D eigenvalue weighted by Gasteiger charge is 2.22. The van der Waals surface area contributed by atoms with Gasteiger partial charge in [0.05, 0.1) is 5.92 Å². The first-order valence-corrected chi connectivity index (χ1v) is 7.04. The zero-order valence-corrected chi connectivity index (χ0v) is 12.6. The molecule has 1 aromatic carbocycles. The monoisotopic (exact) mass is 305 g/mol. The lowest BCUT2D eigenvalue weighted by atomic mass is 10.1. The molecule has 3 amide bonds. The zero-order chi connectivity index (χ0) is 16.3. The van der Waals surface area contributed by atoms with Crippen molar-refractivity contribution in [2.24, 2.45) is 5.92 Å². The van der Waals surface area contributed by atoms with Gasteiger partial charge in [-0.25, -0.2) is 4.79 Å². The predicted molar refractivity (Wildman–Crippen MR) is 80.9 cm³/mol. The number of rotatable bonds is 5. The largest absolute Gasteiger partial charge is 0.481 e. The maximum atomic E-state index is 12.2. The van der Waals surface area contributed by atoms with Gasteiger partial charge in [0.2, 0.25) is 0 Å². The Morgan fingerprint density at radius 1 is 1.36 bits per heavy atom. The summed E-state index contributed by atoms with van der Waals surface area (Å²) in [5.74, 6) is -1.80. The van der Waals surface area contributed by atoms with Crippen LogP contribution in [0.5, 0.6) is 0 Å². The van der Waals surface area contributed by atoms with E-state index in [2.05, 4.69) is 5.32 Å². The summed E-state index contributed by atoms with van der Waals surface area (Å²) >= 11 is 0. The molecule has 0 radical (unpaired) electrons. The average molecular weight is 305 g/mol. The SMILES string of the molecule is C[C@H](CN(C)C(=O)c1ccc(N2CCNC2=O)cc1)C(=O)O. The van der Waals surface area contributed by atoms with E-state index in [1.165, 1.54) is 4.90 Å². The Morgan fingerprint density at radius 3 is 2.50 bits per heavy atom. The normalized spacial score (nSPS) is 15.4. The summed E-state index contributed by atoms with van der Waals surface area (Å²) in [6.07, 6.45) is 0. The Hall–Kier alpha value is -2.57. The first-order valence-electron chi connectivity index (χ1n) is 7.04. The second-order valence-corrected chi connectivity index (χ2v) is 5.36. The van der Waals surface area contributed by atoms with E-state index in [9.17, 15) is 14.4 Å². The lowest BCUT2D eigenvalue weighted by Crippen LogP contribution is -2.33. The molecule has 0 aliphatic carbocycles. The average Bonchev–Trinajstić information content (AvgIpc) is 2.92. The van der Waals surface area contributed by atoms with Gasteiger partial charge in [0.15, 0.2) is 0 Å². The number of nitrogens with one attached hydrogen (secondary N) is 1. The molecule has 1 aromatic rings. The van der Waals surface area contributed by atoms with E-state index in [4.69, 9.17) is 5.11 Å². The van der Waals surface area contributed by atoms with Crippen molar-refractivity contribution in [2.45, 2.75) is 6.92 Å². The van der Waals surface area contributed by atoms with Crippen molar-refractivity contribution in [1.29, 1.82) is 0 Å². The van der Waals surface area contributed by atoms with Crippen molar-refractivity contribution in [1.82, 2.24) is 10.2 Å². The van der Waals surface area contributed by atoms with Crippen molar-refractivity contribution in [3.8, 4) is 0 Å². The topological polar surface area (TPSA) is 90.0 Å². The van der Waals surface area contributed by atoms with Crippen LogP contribution >= 0.6 is 0 Å². The lowest BCUT2D eigenvalue weighted by Gasteiger charge is -2.20. The van der Waals surface area contributed by atoms with Crippen LogP contribution in [0.15, 0.2) is 24.3 Å². The minimum atomic E-state index is -0.935. The van der Waals surface area contributed by atoms with Gasteiger partial charge in [-0.05, 0) is 24.3 Å². The Labute approximate surface area is 128 Å². The van der Waals surface area contributed by atoms with Gasteiger partial charge in [0, 0.05) is 37.9 Å². The first-order chi connectivity index (χ1) is 10.4. The molecular formula is C15H19N3O4. The molecular weight excluding hydrogens is 286 g/mol. The van der Waals surface area contributed by atoms with Crippen LogP contribution in [0.25, 0.3) is 0 Å². The summed E-state index contributed by atoms with van der Waals surface area (Å²) in [5, 5.41) is 11.6. The van der Waals surface area contributed by atoms with E-state index >= 15 is 0 Å². The minimum absolute atomic E-state index is 0.143. The number of hydrogen-bond donors (Lipinski definition) is 2. The molecule has 2 rings (SSSR count). The predicted octanol–water partition coefficient (Wildman–Crippen LogP) is 1.01. The van der Waals surface area contributed by atoms with Gasteiger partial charge in [-0.1, -0.05) is 6.92 Å². The first kappa shape index (κ1) is 15.8. The van der Waals surface area contributed by atoms with Gasteiger partial charge >= 0.3 is 12.0 Å². The summed E-state index contributed by atoms with van der Waals surface area (Å²) in [5.41, 5.74) is 1.19. The Balaban J connectivity index is 2.04. The number of nitrogens with zero attached hydrogens (tertiary/aromatic N) is 2. The zero-order valence-electron chi connectivity index (χ0n) is 12.6. The van der Waals surface area contributed by atoms with Crippen LogP contribution in [-0.4, -0.2) is 54.6 Å². The van der Waals surface area contributed by atoms with Gasteiger partial charge in [-0.15, -0.1) is 0 Å². The number of amides is 3. The Bertz CT molecular complexity index is 585. The number of anilines is 1. The quantitative estimate of drug-likeness (QED) is 0.849. The fourth-order valence-electron chi connectivity index (χ4n) is 2.29. The Morgan fingerprint density at radius 2 is 2.00 bits per heavy atom. The number of hydrogen-bond acceptors (Lipinski definition) is 3. The molecule has 1 aliphatic rings. The second kappa shape index (κ2) is 6.46. The van der Waals surface area contributed by atoms with Crippen molar-refractivity contribution < 1.29 is 19.5 Å². The number of aliphatic carboxylic acids is 1. The smallest absolute Gasteiger partial charge is 0.321 e. The number of carbonyl (C=O) groups excluding carboxylic acids is 2. The van der Waals surface area contributed by atoms with Gasteiger partial charge in [0.25, 0.3) is 5.91 Å². The number of carboxylic acid groups (broad SMARTS) is 1. The lowest BCUT2D eigenvalue weighted by molar-refractivity contribution is -0.141. The third-order valence-corrected chi connectivity index (χ3v) is 3.60. The molecule has 1 saturated heterocycles. The minimum Gasteiger partial charge on any atom is -0.481 e. The maximum Gasteiger partial charge on any atom is 0.321 e. The third-order valence-electron chi connectivity index (χ3n) is 3.60. The maximum absolute atomic E-state index is 12.2. The van der Waals surface area contributed by atoms with Crippen LogP contribution in [0.1, 0.15) is 17.3 Å². The second-order valence-electron chi connectivity index (χ2n) is 5.36. The van der Waals surface area contributed by atoms with E-state index in [0.717, 1.165) is 5.69 Å². The van der Waals surface area contributed by atoms with Crippen LogP contribution in [0.2, 0.25) is 0 Å². The van der Waals surface area contributed by atoms with E-state index in [1.807, 2.05) is 0 Å². The molecule has 1 aliphatic heterocycles. The van der Waals surface area contributed by atoms with Crippen LogP contribution in [0, 0.1) is 5.92 Å². The highest BCUT2D eigenvalue weighted by molar-refractivity contribution is 5.97. The van der Waals surface area contributed by atoms with Gasteiger partial charge in [-0.3, -0.25) is 14.5 Å². The van der Waals surface area contributed by atoms with Crippen LogP contribution in [0.3, 0.4) is 0 Å². The van der Waals surface area contributed by atoms with Crippen molar-refractivity contribution >= 4 is 23.6 Å². The third kappa shape index (κ3) is 3.36. The molecule has 0 unspecified atom stereocenters. The standard InChI is InChI=1S/C15H19N3O4/c1-10(14(20)21)9-17(2)13(19)11-3-5-12(6-4-11)18-8-7-16-15(18)22/h3-6,10H,7-9H2,1-2H3,(H,16,22)(H,20,21)/t10-/m1/s1. The summed E-state index contributed by atoms with van der Waals surface area (Å²) in [6, 6.07) is 6.57. The molecule has 7 nitrogen and oxygen atoms in total. The molecule has 118 valence electrons. The fourth-order valence-corrected chi connectivity index (χ4v) is 2.29. The highest BCUT2D eigenvalue weighted by atomic mass is 16.4. The summed E-state index contributed by atoms with van der Waals surface area (Å²) in [6.45, 7) is 2.91. The summed E-state index contributed by atoms with van der Waals surface area (Å²) in [4.78, 5) is 37.6. The molecule has 1 heterocycles. The summed E-state index contributed by atoms with van der Waals surface area (Å²) < 4.78 is 0. The highest BCUT2D eigenvalue weighted by Crippen LogP contribution is 2.18. The van der Waals surface area contributed by atoms with Crippen molar-refractivity contribution in [3.63, 3.8) is 0 Å². The number of urea groups is 1. The van der Waals surface area contributed by atoms with E-state index in [0.29, 0.717) is 18.7 Å². The molecule has 7 heteroatoms. The molecule has 1 fully saturated rings. The van der Waals surface area contributed by atoms with Gasteiger partial charge < -0.3 is 15.3 Å². The molecule has 0 spiro atoms. The van der Waals surface area contributed by atoms with Crippen molar-refractivity contribution in [2.75, 3.05) is 31.6 Å². The number of carbonyl (C=O) groups is 3. The molecule has 2 N–H and O–H groups in total. The van der Waals surface area contributed by atoms with E-state index in [1.54, 1.807) is 43.1 Å². The van der Waals surface area contributed by atoms with E-state index in [-0.39, 0.29) is 18.5 Å². The van der Waals surface area contributed by atoms with Crippen LogP contribution in [-0.2, 0) is 4.79 Å². The molecule has 22 heavy (non-hydrogen) atoms. The summed E-state index contributed by atoms with van der Waals surface area (Å²) in [7, 11) is 1.57. The molecule has 1 atom stereocenters. The van der Waals surface area contributed by atoms with Crippen molar-refractivity contribution in [3.05, 3.63) is 29.8 Å². The van der Waals surface area contributed by atoms with Gasteiger partial charge in [0.1, 0.15) is 0 Å². The van der Waals surface area contributed by atoms with Gasteiger partial charge in [-0.2, -0.15) is 0 Å².